The minimum absolute atomic E-state index is 0.105. The van der Waals surface area contributed by atoms with Crippen LogP contribution in [0.5, 0.6) is 0 Å². The zero-order chi connectivity index (χ0) is 18.6. The molecule has 1 aromatic carbocycles. The first-order valence-corrected chi connectivity index (χ1v) is 8.92. The number of piperidine rings is 1. The quantitative estimate of drug-likeness (QED) is 0.879. The predicted molar refractivity (Wildman–Crippen MR) is 95.6 cm³/mol. The van der Waals surface area contributed by atoms with E-state index in [1.165, 1.54) is 6.20 Å². The van der Waals surface area contributed by atoms with E-state index in [2.05, 4.69) is 0 Å². The van der Waals surface area contributed by atoms with Crippen molar-refractivity contribution in [3.05, 3.63) is 39.4 Å². The lowest BCUT2D eigenvalue weighted by Crippen LogP contribution is -2.39. The first-order valence-electron chi connectivity index (χ1n) is 8.92. The minimum Gasteiger partial charge on any atom is -0.477 e. The lowest BCUT2D eigenvalue weighted by Gasteiger charge is -2.33. The van der Waals surface area contributed by atoms with Crippen LogP contribution in [-0.4, -0.2) is 39.9 Å². The molecule has 2 N–H and O–H groups in total. The second kappa shape index (κ2) is 6.09. The van der Waals surface area contributed by atoms with Gasteiger partial charge in [0.05, 0.1) is 17.3 Å². The molecule has 1 aliphatic heterocycles. The van der Waals surface area contributed by atoms with Gasteiger partial charge in [0.25, 0.3) is 0 Å². The summed E-state index contributed by atoms with van der Waals surface area (Å²) < 4.78 is 16.8. The molecule has 1 aromatic heterocycles. The maximum atomic E-state index is 14.9. The average Bonchev–Trinajstić information content (AvgIpc) is 3.40. The number of carbonyl (C=O) groups is 1. The fourth-order valence-electron chi connectivity index (χ4n) is 4.01. The third-order valence-electron chi connectivity index (χ3n) is 5.36. The van der Waals surface area contributed by atoms with Gasteiger partial charge in [0, 0.05) is 30.7 Å². The molecule has 1 atom stereocenters. The van der Waals surface area contributed by atoms with Crippen LogP contribution in [0.25, 0.3) is 10.9 Å². The Balaban J connectivity index is 2.00. The molecule has 2 fully saturated rings. The number of aryl methyl sites for hydroxylation is 1. The Hall–Kier alpha value is -2.41. The van der Waals surface area contributed by atoms with Crippen LogP contribution >= 0.6 is 0 Å². The zero-order valence-electron chi connectivity index (χ0n) is 14.5. The highest BCUT2D eigenvalue weighted by Gasteiger charge is 2.30. The van der Waals surface area contributed by atoms with Gasteiger partial charge in [0.2, 0.25) is 5.43 Å². The van der Waals surface area contributed by atoms with Crippen LogP contribution < -0.4 is 10.3 Å². The van der Waals surface area contributed by atoms with E-state index in [4.69, 9.17) is 0 Å². The van der Waals surface area contributed by atoms with Crippen molar-refractivity contribution in [3.8, 4) is 0 Å². The second-order valence-electron chi connectivity index (χ2n) is 7.29. The summed E-state index contributed by atoms with van der Waals surface area (Å²) in [5.41, 5.74) is 0.628. The maximum Gasteiger partial charge on any atom is 0.341 e. The SMILES string of the molecule is Cc1c(N2CCCC(O)C2)c(F)cc2c(=O)c(C(=O)O)cn(C3CC3)c12. The molecule has 1 unspecified atom stereocenters. The van der Waals surface area contributed by atoms with Gasteiger partial charge in [-0.2, -0.15) is 0 Å². The van der Waals surface area contributed by atoms with Crippen LogP contribution in [0.1, 0.15) is 47.6 Å². The average molecular weight is 360 g/mol. The molecule has 6 nitrogen and oxygen atoms in total. The molecule has 26 heavy (non-hydrogen) atoms. The van der Waals surface area contributed by atoms with Gasteiger partial charge in [0.15, 0.2) is 0 Å². The Morgan fingerprint density at radius 1 is 1.31 bits per heavy atom. The summed E-state index contributed by atoms with van der Waals surface area (Å²) in [4.78, 5) is 25.9. The molecule has 4 rings (SSSR count). The van der Waals surface area contributed by atoms with Crippen molar-refractivity contribution < 1.29 is 19.4 Å². The summed E-state index contributed by atoms with van der Waals surface area (Å²) in [5.74, 6) is -1.85. The van der Waals surface area contributed by atoms with Crippen molar-refractivity contribution in [2.75, 3.05) is 18.0 Å². The Labute approximate surface area is 149 Å². The van der Waals surface area contributed by atoms with Crippen LogP contribution in [0, 0.1) is 12.7 Å². The Bertz CT molecular complexity index is 964. The van der Waals surface area contributed by atoms with Gasteiger partial charge in [-0.1, -0.05) is 0 Å². The highest BCUT2D eigenvalue weighted by molar-refractivity contribution is 5.95. The standard InChI is InChI=1S/C19H21FN2O4/c1-10-16-13(7-15(20)17(10)21-6-2-3-12(23)8-21)18(24)14(19(25)26)9-22(16)11-4-5-11/h7,9,11-12,23H,2-6,8H2,1H3,(H,25,26). The van der Waals surface area contributed by atoms with E-state index >= 15 is 0 Å². The molecular weight excluding hydrogens is 339 g/mol. The van der Waals surface area contributed by atoms with E-state index in [9.17, 15) is 24.2 Å². The van der Waals surface area contributed by atoms with Crippen molar-refractivity contribution in [2.45, 2.75) is 44.8 Å². The number of fused-ring (bicyclic) bond motifs is 1. The van der Waals surface area contributed by atoms with Crippen LogP contribution in [0.2, 0.25) is 0 Å². The fourth-order valence-corrected chi connectivity index (χ4v) is 4.01. The number of rotatable bonds is 3. The number of hydrogen-bond acceptors (Lipinski definition) is 4. The summed E-state index contributed by atoms with van der Waals surface area (Å²) in [7, 11) is 0. The fraction of sp³-hybridized carbons (Fsp3) is 0.474. The number of carboxylic acid groups (broad SMARTS) is 1. The molecule has 1 saturated carbocycles. The number of anilines is 1. The molecule has 0 amide bonds. The van der Waals surface area contributed by atoms with E-state index in [0.717, 1.165) is 25.3 Å². The van der Waals surface area contributed by atoms with Crippen molar-refractivity contribution in [1.82, 2.24) is 4.57 Å². The predicted octanol–water partition coefficient (Wildman–Crippen LogP) is 2.44. The number of nitrogens with zero attached hydrogens (tertiary/aromatic N) is 2. The van der Waals surface area contributed by atoms with Gasteiger partial charge in [-0.25, -0.2) is 9.18 Å². The largest absolute Gasteiger partial charge is 0.477 e. The van der Waals surface area contributed by atoms with Gasteiger partial charge in [0.1, 0.15) is 11.4 Å². The molecule has 0 bridgehead atoms. The van der Waals surface area contributed by atoms with Gasteiger partial charge in [-0.05, 0) is 44.2 Å². The molecule has 2 aromatic rings. The Morgan fingerprint density at radius 2 is 2.04 bits per heavy atom. The van der Waals surface area contributed by atoms with Crippen molar-refractivity contribution in [1.29, 1.82) is 0 Å². The molecule has 7 heteroatoms. The molecular formula is C19H21FN2O4. The maximum absolute atomic E-state index is 14.9. The van der Waals surface area contributed by atoms with Gasteiger partial charge in [-0.3, -0.25) is 4.79 Å². The second-order valence-corrected chi connectivity index (χ2v) is 7.29. The van der Waals surface area contributed by atoms with E-state index in [0.29, 0.717) is 36.3 Å². The summed E-state index contributed by atoms with van der Waals surface area (Å²) >= 11 is 0. The molecule has 2 aliphatic rings. The lowest BCUT2D eigenvalue weighted by molar-refractivity contribution is 0.0694. The van der Waals surface area contributed by atoms with Crippen LogP contribution in [0.3, 0.4) is 0 Å². The van der Waals surface area contributed by atoms with E-state index in [1.807, 2.05) is 9.47 Å². The number of aromatic carboxylic acids is 1. The molecule has 2 heterocycles. The van der Waals surface area contributed by atoms with Gasteiger partial charge in [-0.15, -0.1) is 0 Å². The van der Waals surface area contributed by atoms with Gasteiger partial charge < -0.3 is 19.7 Å². The molecule has 0 spiro atoms. The monoisotopic (exact) mass is 360 g/mol. The smallest absolute Gasteiger partial charge is 0.341 e. The number of aromatic nitrogens is 1. The highest BCUT2D eigenvalue weighted by atomic mass is 19.1. The number of hydrogen-bond donors (Lipinski definition) is 2. The zero-order valence-corrected chi connectivity index (χ0v) is 14.5. The number of carboxylic acids is 1. The minimum atomic E-state index is -1.30. The number of halogens is 1. The number of aliphatic hydroxyl groups excluding tert-OH is 1. The molecule has 138 valence electrons. The Kier molecular flexibility index (Phi) is 3.99. The van der Waals surface area contributed by atoms with Crippen LogP contribution in [0.15, 0.2) is 17.1 Å². The normalized spacial score (nSPS) is 20.6. The summed E-state index contributed by atoms with van der Waals surface area (Å²) in [6, 6.07) is 1.30. The first-order chi connectivity index (χ1) is 12.4. The summed E-state index contributed by atoms with van der Waals surface area (Å²) in [5, 5.41) is 19.4. The lowest BCUT2D eigenvalue weighted by atomic mass is 10.0. The topological polar surface area (TPSA) is 82.8 Å². The molecule has 1 saturated heterocycles. The Morgan fingerprint density at radius 3 is 2.65 bits per heavy atom. The highest BCUT2D eigenvalue weighted by Crippen LogP contribution is 2.40. The van der Waals surface area contributed by atoms with Crippen LogP contribution in [0.4, 0.5) is 10.1 Å². The van der Waals surface area contributed by atoms with E-state index < -0.39 is 23.3 Å². The number of benzene rings is 1. The number of pyridine rings is 1. The molecule has 1 aliphatic carbocycles. The van der Waals surface area contributed by atoms with Crippen LogP contribution in [-0.2, 0) is 0 Å². The number of aliphatic hydroxyl groups is 1. The van der Waals surface area contributed by atoms with Crippen molar-refractivity contribution in [3.63, 3.8) is 0 Å². The summed E-state index contributed by atoms with van der Waals surface area (Å²) in [6.07, 6.45) is 4.17. The van der Waals surface area contributed by atoms with E-state index in [1.54, 1.807) is 6.92 Å². The third kappa shape index (κ3) is 2.67. The first kappa shape index (κ1) is 17.0. The third-order valence-corrected chi connectivity index (χ3v) is 5.36. The van der Waals surface area contributed by atoms with Crippen molar-refractivity contribution >= 4 is 22.6 Å². The van der Waals surface area contributed by atoms with Gasteiger partial charge >= 0.3 is 5.97 Å². The van der Waals surface area contributed by atoms with E-state index in [-0.39, 0.29) is 17.0 Å². The molecule has 0 radical (unpaired) electrons. The summed E-state index contributed by atoms with van der Waals surface area (Å²) in [6.45, 7) is 2.76. The van der Waals surface area contributed by atoms with Crippen molar-refractivity contribution in [2.24, 2.45) is 0 Å². The number of β-amino-alcohol motifs (C(OH)–C–C–N with tert-alkyl or cyclic N) is 1.